The SMILES string of the molecule is CN(C)CC(NC(=O)c1cc2cc(F)ccc2[nH]1)c1ccccc1. The first-order valence-corrected chi connectivity index (χ1v) is 7.82. The highest BCUT2D eigenvalue weighted by molar-refractivity contribution is 5.98. The molecular weight excluding hydrogens is 305 g/mol. The molecule has 0 spiro atoms. The minimum absolute atomic E-state index is 0.128. The van der Waals surface area contributed by atoms with Crippen LogP contribution in [0.1, 0.15) is 22.1 Å². The third kappa shape index (κ3) is 3.63. The molecule has 3 aromatic rings. The summed E-state index contributed by atoms with van der Waals surface area (Å²) < 4.78 is 13.3. The van der Waals surface area contributed by atoms with Crippen molar-refractivity contribution >= 4 is 16.8 Å². The lowest BCUT2D eigenvalue weighted by atomic mass is 10.1. The lowest BCUT2D eigenvalue weighted by Crippen LogP contribution is -2.35. The van der Waals surface area contributed by atoms with Crippen LogP contribution in [0, 0.1) is 5.82 Å². The number of hydrogen-bond acceptors (Lipinski definition) is 2. The minimum Gasteiger partial charge on any atom is -0.351 e. The molecule has 1 aromatic heterocycles. The molecule has 5 heteroatoms. The van der Waals surface area contributed by atoms with Crippen molar-refractivity contribution in [1.29, 1.82) is 0 Å². The number of halogens is 1. The van der Waals surface area contributed by atoms with Crippen LogP contribution < -0.4 is 5.32 Å². The highest BCUT2D eigenvalue weighted by atomic mass is 19.1. The molecule has 2 aromatic carbocycles. The van der Waals surface area contributed by atoms with Gasteiger partial charge >= 0.3 is 0 Å². The van der Waals surface area contributed by atoms with Gasteiger partial charge in [0.05, 0.1) is 6.04 Å². The summed E-state index contributed by atoms with van der Waals surface area (Å²) in [7, 11) is 3.93. The van der Waals surface area contributed by atoms with Gasteiger partial charge < -0.3 is 15.2 Å². The van der Waals surface area contributed by atoms with Gasteiger partial charge in [0.15, 0.2) is 0 Å². The Bertz CT molecular complexity index is 842. The van der Waals surface area contributed by atoms with Crippen molar-refractivity contribution in [3.8, 4) is 0 Å². The number of hydrogen-bond donors (Lipinski definition) is 2. The summed E-state index contributed by atoms with van der Waals surface area (Å²) in [6.45, 7) is 0.685. The zero-order valence-electron chi connectivity index (χ0n) is 13.7. The van der Waals surface area contributed by atoms with E-state index < -0.39 is 0 Å². The van der Waals surface area contributed by atoms with Crippen LogP contribution in [0.15, 0.2) is 54.6 Å². The number of rotatable bonds is 5. The smallest absolute Gasteiger partial charge is 0.268 e. The first-order chi connectivity index (χ1) is 11.5. The molecule has 0 aliphatic carbocycles. The van der Waals surface area contributed by atoms with E-state index in [9.17, 15) is 9.18 Å². The Labute approximate surface area is 140 Å². The second-order valence-corrected chi connectivity index (χ2v) is 6.11. The number of benzene rings is 2. The molecule has 1 amide bonds. The van der Waals surface area contributed by atoms with E-state index in [0.29, 0.717) is 17.6 Å². The fourth-order valence-electron chi connectivity index (χ4n) is 2.75. The summed E-state index contributed by atoms with van der Waals surface area (Å²) in [5.41, 5.74) is 2.21. The topological polar surface area (TPSA) is 48.1 Å². The first kappa shape index (κ1) is 16.2. The Morgan fingerprint density at radius 3 is 2.62 bits per heavy atom. The van der Waals surface area contributed by atoms with Crippen molar-refractivity contribution in [2.75, 3.05) is 20.6 Å². The van der Waals surface area contributed by atoms with Gasteiger partial charge in [0, 0.05) is 17.4 Å². The molecule has 1 atom stereocenters. The second kappa shape index (κ2) is 6.84. The van der Waals surface area contributed by atoms with E-state index in [2.05, 4.69) is 10.3 Å². The quantitative estimate of drug-likeness (QED) is 0.756. The van der Waals surface area contributed by atoms with E-state index in [1.807, 2.05) is 49.3 Å². The highest BCUT2D eigenvalue weighted by Crippen LogP contribution is 2.18. The maximum atomic E-state index is 13.3. The average molecular weight is 325 g/mol. The van der Waals surface area contributed by atoms with E-state index >= 15 is 0 Å². The third-order valence-corrected chi connectivity index (χ3v) is 3.88. The molecule has 0 aliphatic heterocycles. The molecular formula is C19H20FN3O. The van der Waals surface area contributed by atoms with Crippen LogP contribution in [0.25, 0.3) is 10.9 Å². The fourth-order valence-corrected chi connectivity index (χ4v) is 2.75. The van der Waals surface area contributed by atoms with Crippen LogP contribution >= 0.6 is 0 Å². The van der Waals surface area contributed by atoms with Crippen molar-refractivity contribution in [2.45, 2.75) is 6.04 Å². The van der Waals surface area contributed by atoms with Gasteiger partial charge in [-0.15, -0.1) is 0 Å². The normalized spacial score (nSPS) is 12.5. The lowest BCUT2D eigenvalue weighted by Gasteiger charge is -2.22. The highest BCUT2D eigenvalue weighted by Gasteiger charge is 2.18. The second-order valence-electron chi connectivity index (χ2n) is 6.11. The van der Waals surface area contributed by atoms with Gasteiger partial charge in [-0.1, -0.05) is 30.3 Å². The monoisotopic (exact) mass is 325 g/mol. The summed E-state index contributed by atoms with van der Waals surface area (Å²) in [5, 5.41) is 3.74. The molecule has 2 N–H and O–H groups in total. The number of aromatic nitrogens is 1. The van der Waals surface area contributed by atoms with Crippen LogP contribution in [0.4, 0.5) is 4.39 Å². The van der Waals surface area contributed by atoms with Crippen molar-refractivity contribution in [3.63, 3.8) is 0 Å². The summed E-state index contributed by atoms with van der Waals surface area (Å²) >= 11 is 0. The molecule has 4 nitrogen and oxygen atoms in total. The number of likely N-dealkylation sites (N-methyl/N-ethyl adjacent to an activating group) is 1. The van der Waals surface area contributed by atoms with Gasteiger partial charge in [-0.3, -0.25) is 4.79 Å². The number of aromatic amines is 1. The summed E-state index contributed by atoms with van der Waals surface area (Å²) in [6, 6.07) is 15.8. The molecule has 0 radical (unpaired) electrons. The van der Waals surface area contributed by atoms with E-state index in [-0.39, 0.29) is 17.8 Å². The number of carbonyl (C=O) groups excluding carboxylic acids is 1. The number of H-pyrrole nitrogens is 1. The van der Waals surface area contributed by atoms with E-state index in [0.717, 1.165) is 11.1 Å². The van der Waals surface area contributed by atoms with Crippen LogP contribution in [0.5, 0.6) is 0 Å². The summed E-state index contributed by atoms with van der Waals surface area (Å²) in [6.07, 6.45) is 0. The lowest BCUT2D eigenvalue weighted by molar-refractivity contribution is 0.0925. The molecule has 24 heavy (non-hydrogen) atoms. The molecule has 0 saturated carbocycles. The fraction of sp³-hybridized carbons (Fsp3) is 0.211. The number of nitrogens with one attached hydrogen (secondary N) is 2. The van der Waals surface area contributed by atoms with E-state index in [1.165, 1.54) is 12.1 Å². The third-order valence-electron chi connectivity index (χ3n) is 3.88. The van der Waals surface area contributed by atoms with Gasteiger partial charge in [0.1, 0.15) is 11.5 Å². The van der Waals surface area contributed by atoms with Crippen molar-refractivity contribution in [1.82, 2.24) is 15.2 Å². The molecule has 124 valence electrons. The molecule has 0 aliphatic rings. The first-order valence-electron chi connectivity index (χ1n) is 7.82. The number of nitrogens with zero attached hydrogens (tertiary/aromatic N) is 1. The molecule has 0 bridgehead atoms. The molecule has 1 unspecified atom stereocenters. The largest absolute Gasteiger partial charge is 0.351 e. The Morgan fingerprint density at radius 1 is 1.17 bits per heavy atom. The molecule has 0 fully saturated rings. The molecule has 3 rings (SSSR count). The maximum absolute atomic E-state index is 13.3. The zero-order valence-corrected chi connectivity index (χ0v) is 13.7. The standard InChI is InChI=1S/C19H20FN3O/c1-23(2)12-18(13-6-4-3-5-7-13)22-19(24)17-11-14-10-15(20)8-9-16(14)21-17/h3-11,18,21H,12H2,1-2H3,(H,22,24). The Morgan fingerprint density at radius 2 is 1.92 bits per heavy atom. The van der Waals surface area contributed by atoms with E-state index in [4.69, 9.17) is 0 Å². The van der Waals surface area contributed by atoms with Crippen LogP contribution in [-0.4, -0.2) is 36.4 Å². The number of carbonyl (C=O) groups is 1. The van der Waals surface area contributed by atoms with Gasteiger partial charge in [-0.05, 0) is 43.9 Å². The van der Waals surface area contributed by atoms with Crippen molar-refractivity contribution in [2.24, 2.45) is 0 Å². The summed E-state index contributed by atoms with van der Waals surface area (Å²) in [5.74, 6) is -0.523. The van der Waals surface area contributed by atoms with Gasteiger partial charge in [0.2, 0.25) is 0 Å². The predicted molar refractivity (Wildman–Crippen MR) is 93.5 cm³/mol. The Hall–Kier alpha value is -2.66. The van der Waals surface area contributed by atoms with Crippen molar-refractivity contribution in [3.05, 3.63) is 71.7 Å². The van der Waals surface area contributed by atoms with Crippen molar-refractivity contribution < 1.29 is 9.18 Å². The maximum Gasteiger partial charge on any atom is 0.268 e. The van der Waals surface area contributed by atoms with Gasteiger partial charge in [-0.25, -0.2) is 4.39 Å². The summed E-state index contributed by atoms with van der Waals surface area (Å²) in [4.78, 5) is 17.7. The van der Waals surface area contributed by atoms with Gasteiger partial charge in [0.25, 0.3) is 5.91 Å². The zero-order chi connectivity index (χ0) is 17.1. The van der Waals surface area contributed by atoms with Crippen LogP contribution in [-0.2, 0) is 0 Å². The Balaban J connectivity index is 1.84. The van der Waals surface area contributed by atoms with E-state index in [1.54, 1.807) is 12.1 Å². The number of fused-ring (bicyclic) bond motifs is 1. The Kier molecular flexibility index (Phi) is 4.62. The molecule has 0 saturated heterocycles. The van der Waals surface area contributed by atoms with Crippen LogP contribution in [0.3, 0.4) is 0 Å². The predicted octanol–water partition coefficient (Wildman–Crippen LogP) is 3.34. The van der Waals surface area contributed by atoms with Crippen LogP contribution in [0.2, 0.25) is 0 Å². The molecule has 1 heterocycles. The van der Waals surface area contributed by atoms with Gasteiger partial charge in [-0.2, -0.15) is 0 Å². The minimum atomic E-state index is -0.316. The number of amides is 1. The average Bonchev–Trinajstić information content (AvgIpc) is 2.98.